The molecule has 7 heteroatoms. The van der Waals surface area contributed by atoms with Gasteiger partial charge in [0.05, 0.1) is 18.1 Å². The molecule has 1 amide bonds. The SMILES string of the molecule is CCc1cn[nH]c1NC(=O)c1[nH]ncc1N. The molecule has 0 atom stereocenters. The molecule has 5 N–H and O–H groups in total. The summed E-state index contributed by atoms with van der Waals surface area (Å²) in [5, 5.41) is 15.5. The molecule has 0 radical (unpaired) electrons. The van der Waals surface area contributed by atoms with E-state index in [1.165, 1.54) is 6.20 Å². The van der Waals surface area contributed by atoms with Gasteiger partial charge >= 0.3 is 0 Å². The average molecular weight is 220 g/mol. The Bertz CT molecular complexity index is 500. The summed E-state index contributed by atoms with van der Waals surface area (Å²) in [5.41, 5.74) is 7.06. The number of nitrogens with one attached hydrogen (secondary N) is 3. The molecule has 2 rings (SSSR count). The normalized spacial score (nSPS) is 10.3. The van der Waals surface area contributed by atoms with E-state index in [1.54, 1.807) is 6.20 Å². The van der Waals surface area contributed by atoms with E-state index in [2.05, 4.69) is 25.7 Å². The zero-order valence-electron chi connectivity index (χ0n) is 8.74. The predicted octanol–water partition coefficient (Wildman–Crippen LogP) is 0.530. The van der Waals surface area contributed by atoms with Crippen molar-refractivity contribution in [3.8, 4) is 0 Å². The fourth-order valence-corrected chi connectivity index (χ4v) is 1.34. The molecule has 0 saturated carbocycles. The maximum Gasteiger partial charge on any atom is 0.276 e. The van der Waals surface area contributed by atoms with Crippen LogP contribution in [0, 0.1) is 0 Å². The Morgan fingerprint density at radius 2 is 2.19 bits per heavy atom. The third-order valence-electron chi connectivity index (χ3n) is 2.23. The minimum Gasteiger partial charge on any atom is -0.396 e. The molecule has 0 spiro atoms. The fraction of sp³-hybridized carbons (Fsp3) is 0.222. The molecule has 0 aliphatic rings. The Morgan fingerprint density at radius 1 is 1.44 bits per heavy atom. The number of nitrogen functional groups attached to an aromatic ring is 1. The zero-order chi connectivity index (χ0) is 11.5. The lowest BCUT2D eigenvalue weighted by Crippen LogP contribution is -2.15. The first-order valence-electron chi connectivity index (χ1n) is 4.84. The van der Waals surface area contributed by atoms with E-state index in [9.17, 15) is 4.79 Å². The highest BCUT2D eigenvalue weighted by atomic mass is 16.2. The highest BCUT2D eigenvalue weighted by Crippen LogP contribution is 2.14. The summed E-state index contributed by atoms with van der Waals surface area (Å²) in [7, 11) is 0. The minimum atomic E-state index is -0.339. The maximum atomic E-state index is 11.8. The van der Waals surface area contributed by atoms with Crippen LogP contribution in [0.2, 0.25) is 0 Å². The monoisotopic (exact) mass is 220 g/mol. The molecule has 2 aromatic heterocycles. The van der Waals surface area contributed by atoms with Gasteiger partial charge in [-0.25, -0.2) is 0 Å². The van der Waals surface area contributed by atoms with E-state index < -0.39 is 0 Å². The molecule has 2 heterocycles. The van der Waals surface area contributed by atoms with Crippen LogP contribution in [0.25, 0.3) is 0 Å². The molecule has 2 aromatic rings. The highest BCUT2D eigenvalue weighted by molar-refractivity contribution is 6.05. The number of amides is 1. The van der Waals surface area contributed by atoms with Gasteiger partial charge < -0.3 is 11.1 Å². The van der Waals surface area contributed by atoms with Crippen molar-refractivity contribution in [2.75, 3.05) is 11.1 Å². The number of nitrogens with two attached hydrogens (primary N) is 1. The number of carbonyl (C=O) groups excluding carboxylic acids is 1. The third-order valence-corrected chi connectivity index (χ3v) is 2.23. The zero-order valence-corrected chi connectivity index (χ0v) is 8.74. The van der Waals surface area contributed by atoms with Crippen LogP contribution in [0.3, 0.4) is 0 Å². The lowest BCUT2D eigenvalue weighted by atomic mass is 10.2. The van der Waals surface area contributed by atoms with Crippen molar-refractivity contribution in [2.24, 2.45) is 0 Å². The number of hydrogen-bond donors (Lipinski definition) is 4. The maximum absolute atomic E-state index is 11.8. The predicted molar refractivity (Wildman–Crippen MR) is 58.9 cm³/mol. The molecule has 0 unspecified atom stereocenters. The molecule has 7 nitrogen and oxygen atoms in total. The number of H-pyrrole nitrogens is 2. The van der Waals surface area contributed by atoms with E-state index in [-0.39, 0.29) is 11.6 Å². The number of aromatic nitrogens is 4. The van der Waals surface area contributed by atoms with Crippen LogP contribution >= 0.6 is 0 Å². The summed E-state index contributed by atoms with van der Waals surface area (Å²) >= 11 is 0. The standard InChI is InChI=1S/C9H12N6O/c1-2-5-3-11-15-8(5)13-9(16)7-6(10)4-12-14-7/h3-4H,2,10H2,1H3,(H,12,14)(H2,11,13,15,16). The van der Waals surface area contributed by atoms with Crippen molar-refractivity contribution in [1.29, 1.82) is 0 Å². The molecule has 0 aliphatic heterocycles. The second-order valence-electron chi connectivity index (χ2n) is 3.28. The number of rotatable bonds is 3. The number of carbonyl (C=O) groups is 1. The largest absolute Gasteiger partial charge is 0.396 e. The van der Waals surface area contributed by atoms with E-state index in [0.717, 1.165) is 12.0 Å². The summed E-state index contributed by atoms with van der Waals surface area (Å²) in [4.78, 5) is 11.8. The van der Waals surface area contributed by atoms with Crippen LogP contribution in [0.4, 0.5) is 11.5 Å². The van der Waals surface area contributed by atoms with Gasteiger partial charge in [0.1, 0.15) is 11.5 Å². The van der Waals surface area contributed by atoms with Crippen LogP contribution in [0.15, 0.2) is 12.4 Å². The third kappa shape index (κ3) is 1.74. The first-order chi connectivity index (χ1) is 7.72. The van der Waals surface area contributed by atoms with Crippen LogP contribution in [-0.4, -0.2) is 26.3 Å². The van der Waals surface area contributed by atoms with Crippen molar-refractivity contribution in [3.63, 3.8) is 0 Å². The van der Waals surface area contributed by atoms with Gasteiger partial charge in [-0.05, 0) is 6.42 Å². The first kappa shape index (κ1) is 10.2. The van der Waals surface area contributed by atoms with E-state index in [1.807, 2.05) is 6.92 Å². The van der Waals surface area contributed by atoms with E-state index >= 15 is 0 Å². The van der Waals surface area contributed by atoms with Crippen molar-refractivity contribution in [1.82, 2.24) is 20.4 Å². The van der Waals surface area contributed by atoms with E-state index in [4.69, 9.17) is 5.73 Å². The smallest absolute Gasteiger partial charge is 0.276 e. The van der Waals surface area contributed by atoms with Crippen molar-refractivity contribution in [2.45, 2.75) is 13.3 Å². The molecular weight excluding hydrogens is 208 g/mol. The van der Waals surface area contributed by atoms with E-state index in [0.29, 0.717) is 11.5 Å². The average Bonchev–Trinajstić information content (AvgIpc) is 2.86. The van der Waals surface area contributed by atoms with Gasteiger partial charge in [0, 0.05) is 5.56 Å². The quantitative estimate of drug-likeness (QED) is 0.604. The molecule has 0 aliphatic carbocycles. The Kier molecular flexibility index (Phi) is 2.59. The molecule has 0 bridgehead atoms. The van der Waals surface area contributed by atoms with Gasteiger partial charge in [-0.15, -0.1) is 0 Å². The lowest BCUT2D eigenvalue weighted by Gasteiger charge is -2.03. The molecule has 84 valence electrons. The molecule has 0 saturated heterocycles. The van der Waals surface area contributed by atoms with Crippen molar-refractivity contribution < 1.29 is 4.79 Å². The number of aryl methyl sites for hydroxylation is 1. The molecule has 0 fully saturated rings. The second-order valence-corrected chi connectivity index (χ2v) is 3.28. The summed E-state index contributed by atoms with van der Waals surface area (Å²) in [6, 6.07) is 0. The molecular formula is C9H12N6O. The summed E-state index contributed by atoms with van der Waals surface area (Å²) in [6.45, 7) is 1.98. The Morgan fingerprint density at radius 3 is 2.81 bits per heavy atom. The second kappa shape index (κ2) is 4.05. The summed E-state index contributed by atoms with van der Waals surface area (Å²) < 4.78 is 0. The van der Waals surface area contributed by atoms with Gasteiger partial charge in [0.2, 0.25) is 0 Å². The van der Waals surface area contributed by atoms with Gasteiger partial charge in [0.15, 0.2) is 0 Å². The van der Waals surface area contributed by atoms with Gasteiger partial charge in [-0.1, -0.05) is 6.92 Å². The van der Waals surface area contributed by atoms with Crippen molar-refractivity contribution in [3.05, 3.63) is 23.7 Å². The fourth-order valence-electron chi connectivity index (χ4n) is 1.34. The van der Waals surface area contributed by atoms with Gasteiger partial charge in [-0.3, -0.25) is 15.0 Å². The summed E-state index contributed by atoms with van der Waals surface area (Å²) in [6.07, 6.45) is 3.85. The topological polar surface area (TPSA) is 112 Å². The first-order valence-corrected chi connectivity index (χ1v) is 4.84. The number of aromatic amines is 2. The summed E-state index contributed by atoms with van der Waals surface area (Å²) in [5.74, 6) is 0.246. The Hall–Kier alpha value is -2.31. The number of anilines is 2. The Labute approximate surface area is 91.4 Å². The van der Waals surface area contributed by atoms with Crippen molar-refractivity contribution >= 4 is 17.4 Å². The number of nitrogens with zero attached hydrogens (tertiary/aromatic N) is 2. The van der Waals surface area contributed by atoms with Gasteiger partial charge in [-0.2, -0.15) is 10.2 Å². The van der Waals surface area contributed by atoms with Gasteiger partial charge in [0.25, 0.3) is 5.91 Å². The minimum absolute atomic E-state index is 0.247. The highest BCUT2D eigenvalue weighted by Gasteiger charge is 2.14. The van der Waals surface area contributed by atoms with Crippen LogP contribution in [0.1, 0.15) is 23.0 Å². The molecule has 16 heavy (non-hydrogen) atoms. The van der Waals surface area contributed by atoms with Crippen LogP contribution < -0.4 is 11.1 Å². The lowest BCUT2D eigenvalue weighted by molar-refractivity contribution is 0.102. The molecule has 0 aromatic carbocycles. The van der Waals surface area contributed by atoms with Crippen LogP contribution in [0.5, 0.6) is 0 Å². The van der Waals surface area contributed by atoms with Crippen LogP contribution in [-0.2, 0) is 6.42 Å². The number of hydrogen-bond acceptors (Lipinski definition) is 4. The Balaban J connectivity index is 2.17.